The Morgan fingerprint density at radius 2 is 2.17 bits per heavy atom. The lowest BCUT2D eigenvalue weighted by Gasteiger charge is -2.11. The Morgan fingerprint density at radius 1 is 1.31 bits per heavy atom. The summed E-state index contributed by atoms with van der Waals surface area (Å²) in [7, 11) is 1.69. The van der Waals surface area contributed by atoms with Crippen LogP contribution in [0.1, 0.15) is 11.3 Å². The number of amides is 1. The van der Waals surface area contributed by atoms with Crippen LogP contribution in [0.25, 0.3) is 26.0 Å². The minimum absolute atomic E-state index is 0.0344. The summed E-state index contributed by atoms with van der Waals surface area (Å²) in [6, 6.07) is 8.44. The molecule has 0 saturated carbocycles. The van der Waals surface area contributed by atoms with E-state index in [4.69, 9.17) is 10.5 Å². The number of aryl methyl sites for hydroxylation is 1. The molecule has 1 aliphatic rings. The third kappa shape index (κ3) is 2.99. The molecule has 3 N–H and O–H groups in total. The van der Waals surface area contributed by atoms with Gasteiger partial charge in [0, 0.05) is 17.0 Å². The number of methoxy groups -OCH3 is 1. The van der Waals surface area contributed by atoms with E-state index in [-0.39, 0.29) is 5.91 Å². The number of benzene rings is 1. The fourth-order valence-corrected chi connectivity index (χ4v) is 4.99. The minimum atomic E-state index is 0.0344. The van der Waals surface area contributed by atoms with Gasteiger partial charge in [-0.15, -0.1) is 11.3 Å². The molecule has 3 aromatic heterocycles. The first-order chi connectivity index (χ1) is 14.0. The monoisotopic (exact) mass is 408 g/mol. The highest BCUT2D eigenvalue weighted by Crippen LogP contribution is 2.42. The van der Waals surface area contributed by atoms with Crippen molar-refractivity contribution >= 4 is 38.7 Å². The van der Waals surface area contributed by atoms with Crippen LogP contribution in [-0.4, -0.2) is 45.7 Å². The molecule has 1 fully saturated rings. The summed E-state index contributed by atoms with van der Waals surface area (Å²) in [4.78, 5) is 18.9. The van der Waals surface area contributed by atoms with E-state index in [0.29, 0.717) is 25.6 Å². The fourth-order valence-electron chi connectivity index (χ4n) is 3.84. The third-order valence-electron chi connectivity index (χ3n) is 5.12. The predicted octanol–water partition coefficient (Wildman–Crippen LogP) is 2.40. The number of thiophene rings is 1. The predicted molar refractivity (Wildman–Crippen MR) is 113 cm³/mol. The highest BCUT2D eigenvalue weighted by atomic mass is 32.1. The largest absolute Gasteiger partial charge is 0.495 e. The molecular formula is C20H20N6O2S. The number of nitrogens with one attached hydrogen (secondary N) is 1. The van der Waals surface area contributed by atoms with Crippen LogP contribution in [0.4, 0.5) is 5.82 Å². The van der Waals surface area contributed by atoms with Crippen LogP contribution in [0.15, 0.2) is 30.6 Å². The van der Waals surface area contributed by atoms with Crippen molar-refractivity contribution in [2.45, 2.75) is 13.5 Å². The van der Waals surface area contributed by atoms with Gasteiger partial charge in [-0.05, 0) is 36.1 Å². The molecule has 0 unspecified atom stereocenters. The number of nitrogens with zero attached hydrogens (tertiary/aromatic N) is 4. The number of carbonyl (C=O) groups excluding carboxylic acids is 1. The molecular weight excluding hydrogens is 388 g/mol. The molecule has 9 heteroatoms. The first kappa shape index (κ1) is 17.9. The molecule has 0 atom stereocenters. The molecule has 4 heterocycles. The smallest absolute Gasteiger partial charge is 0.235 e. The molecule has 29 heavy (non-hydrogen) atoms. The second kappa shape index (κ2) is 6.71. The van der Waals surface area contributed by atoms with Gasteiger partial charge in [-0.1, -0.05) is 6.07 Å². The number of hydrogen-bond donors (Lipinski definition) is 2. The van der Waals surface area contributed by atoms with Crippen LogP contribution < -0.4 is 15.8 Å². The average molecular weight is 408 g/mol. The second-order valence-corrected chi connectivity index (χ2v) is 8.25. The lowest BCUT2D eigenvalue weighted by Crippen LogP contribution is -2.22. The number of rotatable bonds is 4. The molecule has 0 spiro atoms. The molecule has 1 saturated heterocycles. The van der Waals surface area contributed by atoms with Gasteiger partial charge in [-0.2, -0.15) is 5.10 Å². The molecule has 0 aliphatic carbocycles. The summed E-state index contributed by atoms with van der Waals surface area (Å²) in [5.41, 5.74) is 10.1. The van der Waals surface area contributed by atoms with Gasteiger partial charge in [0.05, 0.1) is 30.7 Å². The SMILES string of the molecule is COc1cc(C)cc2cc(-c3cc(CN4CNC(=O)C4)n4ncnc(N)c34)sc12. The standard InChI is InChI=1S/C20H20N6O2S/c1-11-3-12-5-16(29-19(12)15(4-11)28-2)14-6-13(7-25-8-17(27)23-10-25)26-18(14)20(21)22-9-24-26/h3-6,9H,7-8,10H2,1-2H3,(H,23,27)(H2,21,22,24). The Balaban J connectivity index is 1.67. The van der Waals surface area contributed by atoms with Gasteiger partial charge in [0.1, 0.15) is 17.6 Å². The van der Waals surface area contributed by atoms with Crippen LogP contribution >= 0.6 is 11.3 Å². The number of anilines is 1. The second-order valence-electron chi connectivity index (χ2n) is 7.20. The van der Waals surface area contributed by atoms with Gasteiger partial charge >= 0.3 is 0 Å². The van der Waals surface area contributed by atoms with Crippen molar-refractivity contribution in [2.75, 3.05) is 26.1 Å². The van der Waals surface area contributed by atoms with Crippen molar-refractivity contribution in [1.82, 2.24) is 24.8 Å². The van der Waals surface area contributed by atoms with E-state index in [0.717, 1.165) is 43.1 Å². The number of fused-ring (bicyclic) bond motifs is 2. The summed E-state index contributed by atoms with van der Waals surface area (Å²) in [5.74, 6) is 1.33. The zero-order chi connectivity index (χ0) is 20.1. The van der Waals surface area contributed by atoms with Gasteiger partial charge in [0.15, 0.2) is 5.82 Å². The minimum Gasteiger partial charge on any atom is -0.495 e. The van der Waals surface area contributed by atoms with Gasteiger partial charge in [0.2, 0.25) is 5.91 Å². The zero-order valence-electron chi connectivity index (χ0n) is 16.1. The van der Waals surface area contributed by atoms with E-state index in [9.17, 15) is 4.79 Å². The van der Waals surface area contributed by atoms with E-state index < -0.39 is 0 Å². The van der Waals surface area contributed by atoms with Crippen LogP contribution in [-0.2, 0) is 11.3 Å². The Bertz CT molecular complexity index is 1260. The molecule has 1 amide bonds. The van der Waals surface area contributed by atoms with E-state index in [1.54, 1.807) is 18.4 Å². The molecule has 1 aliphatic heterocycles. The van der Waals surface area contributed by atoms with Crippen molar-refractivity contribution in [2.24, 2.45) is 0 Å². The molecule has 0 radical (unpaired) electrons. The maximum absolute atomic E-state index is 11.6. The molecule has 0 bridgehead atoms. The Morgan fingerprint density at radius 3 is 2.93 bits per heavy atom. The Kier molecular flexibility index (Phi) is 4.14. The van der Waals surface area contributed by atoms with Crippen molar-refractivity contribution in [1.29, 1.82) is 0 Å². The van der Waals surface area contributed by atoms with E-state index in [1.807, 2.05) is 15.5 Å². The maximum Gasteiger partial charge on any atom is 0.235 e. The highest BCUT2D eigenvalue weighted by molar-refractivity contribution is 7.22. The van der Waals surface area contributed by atoms with Crippen LogP contribution in [0.2, 0.25) is 0 Å². The highest BCUT2D eigenvalue weighted by Gasteiger charge is 2.23. The molecule has 4 aromatic rings. The summed E-state index contributed by atoms with van der Waals surface area (Å²) in [5, 5.41) is 8.39. The number of hydrogen-bond acceptors (Lipinski definition) is 7. The summed E-state index contributed by atoms with van der Waals surface area (Å²) in [6.07, 6.45) is 1.46. The molecule has 1 aromatic carbocycles. The Hall–Kier alpha value is -3.17. The topological polar surface area (TPSA) is 97.8 Å². The normalized spacial score (nSPS) is 14.8. The number of nitrogens with two attached hydrogens (primary N) is 1. The van der Waals surface area contributed by atoms with Gasteiger partial charge in [0.25, 0.3) is 0 Å². The quantitative estimate of drug-likeness (QED) is 0.538. The van der Waals surface area contributed by atoms with Crippen molar-refractivity contribution in [3.63, 3.8) is 0 Å². The van der Waals surface area contributed by atoms with Gasteiger partial charge in [-0.25, -0.2) is 9.50 Å². The van der Waals surface area contributed by atoms with Crippen molar-refractivity contribution in [3.05, 3.63) is 41.9 Å². The summed E-state index contributed by atoms with van der Waals surface area (Å²) < 4.78 is 8.51. The lowest BCUT2D eigenvalue weighted by atomic mass is 10.1. The van der Waals surface area contributed by atoms with Crippen LogP contribution in [0.5, 0.6) is 5.75 Å². The summed E-state index contributed by atoms with van der Waals surface area (Å²) >= 11 is 1.66. The Labute approximate surface area is 170 Å². The fraction of sp³-hybridized carbons (Fsp3) is 0.250. The third-order valence-corrected chi connectivity index (χ3v) is 6.32. The van der Waals surface area contributed by atoms with Gasteiger partial charge in [-0.3, -0.25) is 9.69 Å². The summed E-state index contributed by atoms with van der Waals surface area (Å²) in [6.45, 7) is 3.55. The van der Waals surface area contributed by atoms with Crippen molar-refractivity contribution < 1.29 is 9.53 Å². The maximum atomic E-state index is 11.6. The van der Waals surface area contributed by atoms with E-state index in [1.165, 1.54) is 6.33 Å². The number of nitrogen functional groups attached to an aromatic ring is 1. The molecule has 5 rings (SSSR count). The lowest BCUT2D eigenvalue weighted by molar-refractivity contribution is -0.118. The molecule has 8 nitrogen and oxygen atoms in total. The average Bonchev–Trinajstić information content (AvgIpc) is 3.39. The van der Waals surface area contributed by atoms with Gasteiger partial charge < -0.3 is 15.8 Å². The first-order valence-electron chi connectivity index (χ1n) is 9.22. The number of aromatic nitrogens is 3. The molecule has 148 valence electrons. The number of carbonyl (C=O) groups is 1. The zero-order valence-corrected chi connectivity index (χ0v) is 16.9. The van der Waals surface area contributed by atoms with E-state index >= 15 is 0 Å². The van der Waals surface area contributed by atoms with Crippen LogP contribution in [0.3, 0.4) is 0 Å². The van der Waals surface area contributed by atoms with Crippen LogP contribution in [0, 0.1) is 6.92 Å². The van der Waals surface area contributed by atoms with Crippen molar-refractivity contribution in [3.8, 4) is 16.2 Å². The number of ether oxygens (including phenoxy) is 1. The first-order valence-corrected chi connectivity index (χ1v) is 10.0. The van der Waals surface area contributed by atoms with E-state index in [2.05, 4.69) is 40.5 Å².